The van der Waals surface area contributed by atoms with Gasteiger partial charge in [0, 0.05) is 18.3 Å². The summed E-state index contributed by atoms with van der Waals surface area (Å²) in [4.78, 5) is 16.0. The van der Waals surface area contributed by atoms with Crippen molar-refractivity contribution in [1.29, 1.82) is 0 Å². The molecule has 0 spiro atoms. The van der Waals surface area contributed by atoms with Gasteiger partial charge in [-0.1, -0.05) is 23.4 Å². The molecule has 0 aliphatic rings. The second kappa shape index (κ2) is 8.70. The van der Waals surface area contributed by atoms with Crippen LogP contribution in [0.5, 0.6) is 5.75 Å². The van der Waals surface area contributed by atoms with Gasteiger partial charge in [-0.05, 0) is 24.6 Å². The van der Waals surface area contributed by atoms with Crippen molar-refractivity contribution >= 4 is 5.91 Å². The minimum absolute atomic E-state index is 0.189. The van der Waals surface area contributed by atoms with E-state index in [9.17, 15) is 9.18 Å². The van der Waals surface area contributed by atoms with Gasteiger partial charge >= 0.3 is 0 Å². The van der Waals surface area contributed by atoms with Crippen molar-refractivity contribution < 1.29 is 13.9 Å². The third kappa shape index (κ3) is 4.85. The molecule has 0 aliphatic carbocycles. The molecule has 0 aliphatic heterocycles. The minimum Gasteiger partial charge on any atom is -0.492 e. The molecule has 1 aromatic carbocycles. The lowest BCUT2D eigenvalue weighted by molar-refractivity contribution is 0.0946. The van der Waals surface area contributed by atoms with Gasteiger partial charge in [0.15, 0.2) is 5.69 Å². The number of carbonyl (C=O) groups excluding carboxylic acids is 1. The number of halogens is 1. The first kappa shape index (κ1) is 17.5. The molecule has 2 aromatic heterocycles. The van der Waals surface area contributed by atoms with Gasteiger partial charge in [-0.15, -0.1) is 5.10 Å². The third-order valence-electron chi connectivity index (χ3n) is 3.57. The van der Waals surface area contributed by atoms with E-state index in [4.69, 9.17) is 4.74 Å². The molecule has 7 nitrogen and oxygen atoms in total. The van der Waals surface area contributed by atoms with Gasteiger partial charge in [-0.2, -0.15) is 0 Å². The van der Waals surface area contributed by atoms with Crippen LogP contribution in [0.1, 0.15) is 22.5 Å². The number of amides is 1. The maximum Gasteiger partial charge on any atom is 0.273 e. The Bertz CT molecular complexity index is 854. The van der Waals surface area contributed by atoms with Gasteiger partial charge in [0.2, 0.25) is 0 Å². The Hall–Kier alpha value is -3.29. The highest BCUT2D eigenvalue weighted by molar-refractivity contribution is 5.91. The normalized spacial score (nSPS) is 10.5. The number of hydrogen-bond donors (Lipinski definition) is 1. The zero-order chi connectivity index (χ0) is 18.2. The Morgan fingerprint density at radius 1 is 1.23 bits per heavy atom. The molecule has 3 aromatic rings. The molecule has 0 atom stereocenters. The summed E-state index contributed by atoms with van der Waals surface area (Å²) in [6, 6.07) is 10.0. The van der Waals surface area contributed by atoms with Crippen molar-refractivity contribution in [1.82, 2.24) is 25.3 Å². The molecule has 0 saturated carbocycles. The second-order valence-corrected chi connectivity index (χ2v) is 5.54. The SMILES string of the molecule is O=C(NCCCOc1cccnc1)c1cn(Cc2ccccc2F)nn1. The Morgan fingerprint density at radius 2 is 2.12 bits per heavy atom. The number of nitrogens with one attached hydrogen (secondary N) is 1. The summed E-state index contributed by atoms with van der Waals surface area (Å²) in [5, 5.41) is 10.4. The van der Waals surface area contributed by atoms with E-state index in [1.807, 2.05) is 6.07 Å². The quantitative estimate of drug-likeness (QED) is 0.626. The highest BCUT2D eigenvalue weighted by atomic mass is 19.1. The van der Waals surface area contributed by atoms with Crippen LogP contribution in [0.2, 0.25) is 0 Å². The Morgan fingerprint density at radius 3 is 2.92 bits per heavy atom. The molecule has 0 unspecified atom stereocenters. The number of ether oxygens (including phenoxy) is 1. The van der Waals surface area contributed by atoms with Gasteiger partial charge < -0.3 is 10.1 Å². The fourth-order valence-corrected chi connectivity index (χ4v) is 2.27. The lowest BCUT2D eigenvalue weighted by Crippen LogP contribution is -2.25. The topological polar surface area (TPSA) is 81.9 Å². The van der Waals surface area contributed by atoms with E-state index in [0.29, 0.717) is 30.9 Å². The third-order valence-corrected chi connectivity index (χ3v) is 3.57. The van der Waals surface area contributed by atoms with Crippen molar-refractivity contribution in [3.8, 4) is 5.75 Å². The van der Waals surface area contributed by atoms with Crippen molar-refractivity contribution in [2.75, 3.05) is 13.2 Å². The van der Waals surface area contributed by atoms with Crippen LogP contribution in [0.3, 0.4) is 0 Å². The van der Waals surface area contributed by atoms with E-state index in [2.05, 4.69) is 20.6 Å². The zero-order valence-corrected chi connectivity index (χ0v) is 14.0. The molecule has 2 heterocycles. The maximum absolute atomic E-state index is 13.6. The summed E-state index contributed by atoms with van der Waals surface area (Å²) in [7, 11) is 0. The molecule has 0 bridgehead atoms. The van der Waals surface area contributed by atoms with Gasteiger partial charge in [0.05, 0.1) is 25.5 Å². The molecule has 0 fully saturated rings. The van der Waals surface area contributed by atoms with E-state index in [0.717, 1.165) is 0 Å². The average molecular weight is 355 g/mol. The van der Waals surface area contributed by atoms with Crippen LogP contribution >= 0.6 is 0 Å². The number of pyridine rings is 1. The number of hydrogen-bond acceptors (Lipinski definition) is 5. The molecule has 134 valence electrons. The predicted molar refractivity (Wildman–Crippen MR) is 92.2 cm³/mol. The lowest BCUT2D eigenvalue weighted by atomic mass is 10.2. The summed E-state index contributed by atoms with van der Waals surface area (Å²) in [6.07, 6.45) is 5.44. The molecule has 8 heteroatoms. The Labute approximate surface area is 149 Å². The van der Waals surface area contributed by atoms with Gasteiger partial charge in [0.25, 0.3) is 5.91 Å². The monoisotopic (exact) mass is 355 g/mol. The van der Waals surface area contributed by atoms with Crippen LogP contribution in [0.25, 0.3) is 0 Å². The van der Waals surface area contributed by atoms with Crippen LogP contribution in [0, 0.1) is 5.82 Å². The average Bonchev–Trinajstić information content (AvgIpc) is 3.13. The Kier molecular flexibility index (Phi) is 5.87. The van der Waals surface area contributed by atoms with Crippen LogP contribution in [-0.2, 0) is 6.54 Å². The number of rotatable bonds is 8. The molecule has 26 heavy (non-hydrogen) atoms. The first-order chi connectivity index (χ1) is 12.7. The van der Waals surface area contributed by atoms with Crippen molar-refractivity contribution in [3.05, 3.63) is 72.1 Å². The first-order valence-electron chi connectivity index (χ1n) is 8.17. The highest BCUT2D eigenvalue weighted by Crippen LogP contribution is 2.08. The summed E-state index contributed by atoms with van der Waals surface area (Å²) in [6.45, 7) is 1.12. The van der Waals surface area contributed by atoms with Crippen LogP contribution < -0.4 is 10.1 Å². The molecule has 3 rings (SSSR count). The number of carbonyl (C=O) groups is 1. The number of nitrogens with zero attached hydrogens (tertiary/aromatic N) is 4. The number of benzene rings is 1. The van der Waals surface area contributed by atoms with Crippen molar-refractivity contribution in [2.24, 2.45) is 0 Å². The van der Waals surface area contributed by atoms with Crippen LogP contribution in [0.15, 0.2) is 55.0 Å². The van der Waals surface area contributed by atoms with Crippen molar-refractivity contribution in [3.63, 3.8) is 0 Å². The van der Waals surface area contributed by atoms with E-state index in [1.54, 1.807) is 36.7 Å². The maximum atomic E-state index is 13.6. The van der Waals surface area contributed by atoms with E-state index >= 15 is 0 Å². The highest BCUT2D eigenvalue weighted by Gasteiger charge is 2.11. The van der Waals surface area contributed by atoms with Gasteiger partial charge in [-0.25, -0.2) is 9.07 Å². The predicted octanol–water partition coefficient (Wildman–Crippen LogP) is 2.06. The van der Waals surface area contributed by atoms with Crippen molar-refractivity contribution in [2.45, 2.75) is 13.0 Å². The summed E-state index contributed by atoms with van der Waals surface area (Å²) >= 11 is 0. The summed E-state index contributed by atoms with van der Waals surface area (Å²) < 4.78 is 20.6. The minimum atomic E-state index is -0.328. The van der Waals surface area contributed by atoms with Gasteiger partial charge in [0.1, 0.15) is 11.6 Å². The lowest BCUT2D eigenvalue weighted by Gasteiger charge is -2.06. The molecular weight excluding hydrogens is 337 g/mol. The summed E-state index contributed by atoms with van der Waals surface area (Å²) in [5.41, 5.74) is 0.673. The van der Waals surface area contributed by atoms with Crippen LogP contribution in [-0.4, -0.2) is 39.0 Å². The van der Waals surface area contributed by atoms with Gasteiger partial charge in [-0.3, -0.25) is 9.78 Å². The summed E-state index contributed by atoms with van der Waals surface area (Å²) in [5.74, 6) is 0.0451. The molecule has 1 amide bonds. The molecule has 0 radical (unpaired) electrons. The molecular formula is C18H18FN5O2. The van der Waals surface area contributed by atoms with E-state index in [-0.39, 0.29) is 24.0 Å². The molecule has 1 N–H and O–H groups in total. The first-order valence-corrected chi connectivity index (χ1v) is 8.17. The second-order valence-electron chi connectivity index (χ2n) is 5.54. The van der Waals surface area contributed by atoms with Crippen LogP contribution in [0.4, 0.5) is 4.39 Å². The largest absolute Gasteiger partial charge is 0.492 e. The van der Waals surface area contributed by atoms with E-state index in [1.165, 1.54) is 16.9 Å². The zero-order valence-electron chi connectivity index (χ0n) is 14.0. The van der Waals surface area contributed by atoms with E-state index < -0.39 is 0 Å². The number of aromatic nitrogens is 4. The molecule has 0 saturated heterocycles. The smallest absolute Gasteiger partial charge is 0.273 e. The Balaban J connectivity index is 1.42. The fourth-order valence-electron chi connectivity index (χ4n) is 2.27. The fraction of sp³-hybridized carbons (Fsp3) is 0.222. The standard InChI is InChI=1S/C18H18FN5O2/c19-16-7-2-1-5-14(16)12-24-13-17(22-23-24)18(25)21-9-4-10-26-15-6-3-8-20-11-15/h1-3,5-8,11,13H,4,9-10,12H2,(H,21,25).